The second-order valence-corrected chi connectivity index (χ2v) is 5.04. The standard InChI is InChI=1S/C14H9BrN4O2/c15-9-4-2-1-3-8(9)11-13(20)18-12(19-14(11)21)10-7-16-5-6-17-10/h1-7H,(H2,18,19,20,21). The summed E-state index contributed by atoms with van der Waals surface area (Å²) in [5.41, 5.74) is 0.600. The molecule has 0 aliphatic carbocycles. The third kappa shape index (κ3) is 2.55. The Bertz CT molecular complexity index is 849. The van der Waals surface area contributed by atoms with Crippen LogP contribution in [0.3, 0.4) is 0 Å². The van der Waals surface area contributed by atoms with Crippen molar-refractivity contribution in [3.8, 4) is 28.5 Å². The minimum atomic E-state index is -0.449. The highest BCUT2D eigenvalue weighted by molar-refractivity contribution is 9.10. The molecule has 0 atom stereocenters. The van der Waals surface area contributed by atoms with Gasteiger partial charge >= 0.3 is 0 Å². The lowest BCUT2D eigenvalue weighted by Crippen LogP contribution is -2.12. The van der Waals surface area contributed by atoms with Crippen LogP contribution in [0.25, 0.3) is 22.6 Å². The number of rotatable bonds is 2. The van der Waals surface area contributed by atoms with Gasteiger partial charge < -0.3 is 10.1 Å². The first-order chi connectivity index (χ1) is 10.2. The van der Waals surface area contributed by atoms with E-state index in [-0.39, 0.29) is 17.3 Å². The van der Waals surface area contributed by atoms with Crippen LogP contribution in [0, 0.1) is 0 Å². The maximum absolute atomic E-state index is 12.3. The lowest BCUT2D eigenvalue weighted by molar-refractivity contribution is 0.454. The summed E-state index contributed by atoms with van der Waals surface area (Å²) < 4.78 is 0.694. The van der Waals surface area contributed by atoms with Gasteiger partial charge in [0.2, 0.25) is 5.88 Å². The van der Waals surface area contributed by atoms with Gasteiger partial charge in [0.15, 0.2) is 5.82 Å². The van der Waals surface area contributed by atoms with Gasteiger partial charge in [-0.05, 0) is 6.07 Å². The zero-order valence-electron chi connectivity index (χ0n) is 10.6. The molecule has 6 nitrogen and oxygen atoms in total. The number of aromatic hydroxyl groups is 1. The molecule has 0 saturated heterocycles. The van der Waals surface area contributed by atoms with Gasteiger partial charge in [0.25, 0.3) is 5.56 Å². The first-order valence-electron chi connectivity index (χ1n) is 6.01. The zero-order chi connectivity index (χ0) is 14.8. The third-order valence-corrected chi connectivity index (χ3v) is 3.54. The van der Waals surface area contributed by atoms with Crippen molar-refractivity contribution in [1.29, 1.82) is 0 Å². The van der Waals surface area contributed by atoms with Crippen molar-refractivity contribution in [1.82, 2.24) is 19.9 Å². The van der Waals surface area contributed by atoms with E-state index in [0.717, 1.165) is 0 Å². The minimum Gasteiger partial charge on any atom is -0.493 e. The smallest absolute Gasteiger partial charge is 0.263 e. The Morgan fingerprint density at radius 3 is 2.67 bits per heavy atom. The van der Waals surface area contributed by atoms with Gasteiger partial charge in [0, 0.05) is 22.4 Å². The summed E-state index contributed by atoms with van der Waals surface area (Å²) in [7, 11) is 0. The number of benzene rings is 1. The van der Waals surface area contributed by atoms with E-state index >= 15 is 0 Å². The van der Waals surface area contributed by atoms with Gasteiger partial charge in [-0.3, -0.25) is 9.78 Å². The monoisotopic (exact) mass is 344 g/mol. The van der Waals surface area contributed by atoms with Crippen LogP contribution >= 0.6 is 15.9 Å². The Kier molecular flexibility index (Phi) is 3.49. The van der Waals surface area contributed by atoms with Crippen LogP contribution in [0.15, 0.2) is 52.1 Å². The first kappa shape index (κ1) is 13.4. The fourth-order valence-electron chi connectivity index (χ4n) is 1.91. The molecular weight excluding hydrogens is 336 g/mol. The average Bonchev–Trinajstić information content (AvgIpc) is 2.49. The van der Waals surface area contributed by atoms with Gasteiger partial charge in [0.05, 0.1) is 6.20 Å². The molecule has 0 unspecified atom stereocenters. The second kappa shape index (κ2) is 5.45. The molecule has 0 spiro atoms. The minimum absolute atomic E-state index is 0.107. The molecule has 2 heterocycles. The summed E-state index contributed by atoms with van der Waals surface area (Å²) >= 11 is 3.35. The van der Waals surface area contributed by atoms with Crippen molar-refractivity contribution < 1.29 is 5.11 Å². The van der Waals surface area contributed by atoms with E-state index < -0.39 is 5.56 Å². The highest BCUT2D eigenvalue weighted by Crippen LogP contribution is 2.30. The van der Waals surface area contributed by atoms with Crippen LogP contribution in [0.4, 0.5) is 0 Å². The quantitative estimate of drug-likeness (QED) is 0.744. The van der Waals surface area contributed by atoms with Gasteiger partial charge in [0.1, 0.15) is 11.3 Å². The lowest BCUT2D eigenvalue weighted by Gasteiger charge is -2.07. The highest BCUT2D eigenvalue weighted by atomic mass is 79.9. The van der Waals surface area contributed by atoms with Crippen molar-refractivity contribution in [3.63, 3.8) is 0 Å². The topological polar surface area (TPSA) is 91.8 Å². The highest BCUT2D eigenvalue weighted by Gasteiger charge is 2.16. The molecule has 0 amide bonds. The second-order valence-electron chi connectivity index (χ2n) is 4.18. The fraction of sp³-hybridized carbons (Fsp3) is 0. The molecule has 0 bridgehead atoms. The Balaban J connectivity index is 2.19. The number of H-pyrrole nitrogens is 1. The Labute approximate surface area is 127 Å². The molecule has 7 heteroatoms. The van der Waals surface area contributed by atoms with E-state index in [4.69, 9.17) is 0 Å². The molecule has 104 valence electrons. The maximum atomic E-state index is 12.3. The van der Waals surface area contributed by atoms with Gasteiger partial charge in [-0.1, -0.05) is 34.1 Å². The van der Waals surface area contributed by atoms with E-state index in [9.17, 15) is 9.90 Å². The van der Waals surface area contributed by atoms with E-state index in [2.05, 4.69) is 35.9 Å². The average molecular weight is 345 g/mol. The van der Waals surface area contributed by atoms with Crippen molar-refractivity contribution in [2.45, 2.75) is 0 Å². The summed E-state index contributed by atoms with van der Waals surface area (Å²) in [5, 5.41) is 10.1. The Morgan fingerprint density at radius 2 is 2.00 bits per heavy atom. The van der Waals surface area contributed by atoms with Crippen molar-refractivity contribution >= 4 is 15.9 Å². The molecule has 21 heavy (non-hydrogen) atoms. The SMILES string of the molecule is O=c1[nH]c(-c2cnccn2)nc(O)c1-c1ccccc1Br. The first-order valence-corrected chi connectivity index (χ1v) is 6.80. The maximum Gasteiger partial charge on any atom is 0.263 e. The Morgan fingerprint density at radius 1 is 1.19 bits per heavy atom. The largest absolute Gasteiger partial charge is 0.493 e. The molecule has 0 aliphatic rings. The van der Waals surface area contributed by atoms with E-state index in [1.807, 2.05) is 6.07 Å². The van der Waals surface area contributed by atoms with Crippen molar-refractivity contribution in [2.24, 2.45) is 0 Å². The molecule has 0 saturated carbocycles. The Hall–Kier alpha value is -2.54. The van der Waals surface area contributed by atoms with Crippen LogP contribution in [0.2, 0.25) is 0 Å². The van der Waals surface area contributed by atoms with E-state index in [0.29, 0.717) is 15.7 Å². The lowest BCUT2D eigenvalue weighted by atomic mass is 10.1. The molecule has 0 radical (unpaired) electrons. The predicted molar refractivity (Wildman–Crippen MR) is 80.7 cm³/mol. The van der Waals surface area contributed by atoms with Crippen molar-refractivity contribution in [2.75, 3.05) is 0 Å². The molecule has 0 aliphatic heterocycles. The van der Waals surface area contributed by atoms with Crippen LogP contribution in [-0.2, 0) is 0 Å². The normalized spacial score (nSPS) is 10.5. The molecule has 1 aromatic carbocycles. The molecule has 0 fully saturated rings. The van der Waals surface area contributed by atoms with E-state index in [1.54, 1.807) is 18.2 Å². The van der Waals surface area contributed by atoms with Gasteiger partial charge in [-0.25, -0.2) is 4.98 Å². The van der Waals surface area contributed by atoms with Gasteiger partial charge in [-0.2, -0.15) is 4.98 Å². The summed E-state index contributed by atoms with van der Waals surface area (Å²) in [6, 6.07) is 7.10. The summed E-state index contributed by atoms with van der Waals surface area (Å²) in [4.78, 5) is 26.8. The van der Waals surface area contributed by atoms with Crippen LogP contribution in [-0.4, -0.2) is 25.0 Å². The summed E-state index contributed by atoms with van der Waals surface area (Å²) in [5.74, 6) is -0.187. The number of nitrogens with zero attached hydrogens (tertiary/aromatic N) is 3. The van der Waals surface area contributed by atoms with Crippen LogP contribution in [0.1, 0.15) is 0 Å². The van der Waals surface area contributed by atoms with Crippen LogP contribution < -0.4 is 5.56 Å². The number of nitrogens with one attached hydrogen (secondary N) is 1. The predicted octanol–water partition coefficient (Wildman–Crippen LogP) is 2.36. The van der Waals surface area contributed by atoms with Gasteiger partial charge in [-0.15, -0.1) is 0 Å². The van der Waals surface area contributed by atoms with Crippen LogP contribution in [0.5, 0.6) is 5.88 Å². The number of aromatic nitrogens is 4. The molecular formula is C14H9BrN4O2. The fourth-order valence-corrected chi connectivity index (χ4v) is 2.39. The molecule has 2 N–H and O–H groups in total. The molecule has 3 rings (SSSR count). The zero-order valence-corrected chi connectivity index (χ0v) is 12.2. The molecule has 2 aromatic heterocycles. The number of hydrogen-bond acceptors (Lipinski definition) is 5. The van der Waals surface area contributed by atoms with Crippen molar-refractivity contribution in [3.05, 3.63) is 57.7 Å². The number of aromatic amines is 1. The number of hydrogen-bond donors (Lipinski definition) is 2. The number of halogens is 1. The summed E-state index contributed by atoms with van der Waals surface area (Å²) in [6.45, 7) is 0. The third-order valence-electron chi connectivity index (χ3n) is 2.85. The molecule has 3 aromatic rings. The summed E-state index contributed by atoms with van der Waals surface area (Å²) in [6.07, 6.45) is 4.45. The van der Waals surface area contributed by atoms with E-state index in [1.165, 1.54) is 18.6 Å².